The zero-order valence-corrected chi connectivity index (χ0v) is 13.3. The molecule has 3 unspecified atom stereocenters. The van der Waals surface area contributed by atoms with E-state index in [1.807, 2.05) is 17.9 Å². The van der Waals surface area contributed by atoms with E-state index < -0.39 is 0 Å². The maximum absolute atomic E-state index is 12.5. The van der Waals surface area contributed by atoms with Crippen LogP contribution in [0.4, 0.5) is 0 Å². The summed E-state index contributed by atoms with van der Waals surface area (Å²) in [7, 11) is 1.99. The van der Waals surface area contributed by atoms with E-state index >= 15 is 0 Å². The number of carbonyl (C=O) groups is 1. The summed E-state index contributed by atoms with van der Waals surface area (Å²) in [4.78, 5) is 12.5. The van der Waals surface area contributed by atoms with Crippen molar-refractivity contribution in [1.82, 2.24) is 20.4 Å². The van der Waals surface area contributed by atoms with Crippen molar-refractivity contribution in [3.63, 3.8) is 0 Å². The number of aryl methyl sites for hydroxylation is 1. The number of aromatic nitrogens is 2. The van der Waals surface area contributed by atoms with Crippen molar-refractivity contribution in [1.29, 1.82) is 0 Å². The minimum absolute atomic E-state index is 0.170. The largest absolute Gasteiger partial charge is 0.349 e. The van der Waals surface area contributed by atoms with E-state index in [-0.39, 0.29) is 11.9 Å². The lowest BCUT2D eigenvalue weighted by molar-refractivity contribution is -0.123. The Morgan fingerprint density at radius 1 is 1.36 bits per heavy atom. The van der Waals surface area contributed by atoms with Gasteiger partial charge in [-0.3, -0.25) is 9.48 Å². The first-order valence-electron chi connectivity index (χ1n) is 8.75. The number of piperidine rings is 1. The Kier molecular flexibility index (Phi) is 3.68. The van der Waals surface area contributed by atoms with Gasteiger partial charge in [-0.2, -0.15) is 5.10 Å². The number of carbonyl (C=O) groups excluding carboxylic acids is 1. The number of hydrogen-bond acceptors (Lipinski definition) is 3. The Balaban J connectivity index is 1.36. The summed E-state index contributed by atoms with van der Waals surface area (Å²) < 4.78 is 1.96. The van der Waals surface area contributed by atoms with Gasteiger partial charge in [-0.05, 0) is 50.9 Å². The molecule has 1 amide bonds. The Morgan fingerprint density at radius 3 is 2.91 bits per heavy atom. The highest BCUT2D eigenvalue weighted by atomic mass is 16.1. The van der Waals surface area contributed by atoms with Crippen LogP contribution in [0.5, 0.6) is 0 Å². The lowest BCUT2D eigenvalue weighted by Crippen LogP contribution is -2.40. The van der Waals surface area contributed by atoms with Gasteiger partial charge in [0.2, 0.25) is 5.91 Å². The second kappa shape index (κ2) is 5.69. The molecule has 2 aliphatic heterocycles. The average molecular weight is 302 g/mol. The first-order valence-corrected chi connectivity index (χ1v) is 8.75. The Bertz CT molecular complexity index is 555. The fourth-order valence-electron chi connectivity index (χ4n) is 4.71. The van der Waals surface area contributed by atoms with Crippen LogP contribution in [-0.4, -0.2) is 27.8 Å². The summed E-state index contributed by atoms with van der Waals surface area (Å²) in [5.74, 6) is 0.795. The molecule has 4 rings (SSSR count). The van der Waals surface area contributed by atoms with Crippen LogP contribution < -0.4 is 10.6 Å². The van der Waals surface area contributed by atoms with Gasteiger partial charge in [0.15, 0.2) is 0 Å². The monoisotopic (exact) mass is 302 g/mol. The number of fused-ring (bicyclic) bond motifs is 3. The van der Waals surface area contributed by atoms with Crippen molar-refractivity contribution in [2.24, 2.45) is 13.0 Å². The lowest BCUT2D eigenvalue weighted by atomic mass is 9.88. The minimum Gasteiger partial charge on any atom is -0.349 e. The summed E-state index contributed by atoms with van der Waals surface area (Å²) in [6, 6.07) is 1.50. The molecule has 5 heteroatoms. The van der Waals surface area contributed by atoms with E-state index in [4.69, 9.17) is 0 Å². The first kappa shape index (κ1) is 14.2. The molecule has 1 aliphatic carbocycles. The number of hydrogen-bond donors (Lipinski definition) is 2. The van der Waals surface area contributed by atoms with E-state index in [1.54, 1.807) is 0 Å². The van der Waals surface area contributed by atoms with Gasteiger partial charge in [-0.25, -0.2) is 0 Å². The van der Waals surface area contributed by atoms with Gasteiger partial charge in [0.05, 0.1) is 12.2 Å². The molecule has 0 spiro atoms. The minimum atomic E-state index is 0.170. The summed E-state index contributed by atoms with van der Waals surface area (Å²) in [6.07, 6.45) is 10.8. The highest BCUT2D eigenvalue weighted by molar-refractivity contribution is 5.76. The molecule has 5 nitrogen and oxygen atoms in total. The van der Waals surface area contributed by atoms with E-state index in [0.29, 0.717) is 24.4 Å². The molecule has 2 saturated heterocycles. The van der Waals surface area contributed by atoms with Gasteiger partial charge in [0.25, 0.3) is 0 Å². The van der Waals surface area contributed by atoms with Crippen molar-refractivity contribution in [3.8, 4) is 0 Å². The molecule has 2 N–H and O–H groups in total. The second-order valence-electron chi connectivity index (χ2n) is 7.36. The maximum atomic E-state index is 12.5. The molecule has 3 atom stereocenters. The smallest absolute Gasteiger partial charge is 0.220 e. The highest BCUT2D eigenvalue weighted by Gasteiger charge is 2.34. The molecule has 0 aromatic carbocycles. The van der Waals surface area contributed by atoms with Crippen LogP contribution in [0.15, 0.2) is 6.20 Å². The lowest BCUT2D eigenvalue weighted by Gasteiger charge is -2.30. The molecule has 1 aromatic heterocycles. The van der Waals surface area contributed by atoms with Gasteiger partial charge in [0.1, 0.15) is 0 Å². The molecule has 0 saturated carbocycles. The van der Waals surface area contributed by atoms with Crippen LogP contribution in [0.3, 0.4) is 0 Å². The third-order valence-corrected chi connectivity index (χ3v) is 5.76. The van der Waals surface area contributed by atoms with Crippen LogP contribution in [0, 0.1) is 5.92 Å². The third-order valence-electron chi connectivity index (χ3n) is 5.76. The quantitative estimate of drug-likeness (QED) is 0.895. The Morgan fingerprint density at radius 2 is 2.14 bits per heavy atom. The van der Waals surface area contributed by atoms with Crippen LogP contribution in [0.25, 0.3) is 0 Å². The first-order chi connectivity index (χ1) is 10.7. The molecule has 1 aromatic rings. The number of nitrogens with zero attached hydrogens (tertiary/aromatic N) is 2. The Hall–Kier alpha value is -1.36. The molecule has 2 bridgehead atoms. The van der Waals surface area contributed by atoms with Crippen LogP contribution in [0.2, 0.25) is 0 Å². The number of rotatable bonds is 3. The van der Waals surface area contributed by atoms with Crippen LogP contribution in [0.1, 0.15) is 62.2 Å². The summed E-state index contributed by atoms with van der Waals surface area (Å²) in [6.45, 7) is 0. The topological polar surface area (TPSA) is 59.0 Å². The molecular formula is C17H26N4O. The summed E-state index contributed by atoms with van der Waals surface area (Å²) in [5, 5.41) is 11.3. The number of nitrogens with one attached hydrogen (secondary N) is 2. The summed E-state index contributed by atoms with van der Waals surface area (Å²) >= 11 is 0. The molecule has 120 valence electrons. The molecule has 2 fully saturated rings. The van der Waals surface area contributed by atoms with E-state index in [9.17, 15) is 4.79 Å². The number of amides is 1. The predicted octanol–water partition coefficient (Wildman–Crippen LogP) is 1.83. The standard InChI is InChI=1S/C17H26N4O/c1-21-16-4-2-3-15(14(16)10-18-21)20-17(22)9-11-7-12-5-6-13(8-11)19-12/h10-13,15,19H,2-9H2,1H3,(H,20,22). The van der Waals surface area contributed by atoms with Crippen LogP contribution in [-0.2, 0) is 18.3 Å². The van der Waals surface area contributed by atoms with Crippen molar-refractivity contribution in [3.05, 3.63) is 17.5 Å². The van der Waals surface area contributed by atoms with Crippen LogP contribution >= 0.6 is 0 Å². The summed E-state index contributed by atoms with van der Waals surface area (Å²) in [5.41, 5.74) is 2.52. The van der Waals surface area contributed by atoms with Gasteiger partial charge in [0, 0.05) is 36.8 Å². The zero-order chi connectivity index (χ0) is 15.1. The van der Waals surface area contributed by atoms with E-state index in [2.05, 4.69) is 15.7 Å². The fourth-order valence-corrected chi connectivity index (χ4v) is 4.71. The van der Waals surface area contributed by atoms with Gasteiger partial charge in [-0.15, -0.1) is 0 Å². The zero-order valence-electron chi connectivity index (χ0n) is 13.3. The molecule has 3 aliphatic rings. The van der Waals surface area contributed by atoms with Crippen molar-refractivity contribution in [2.45, 2.75) is 69.5 Å². The highest BCUT2D eigenvalue weighted by Crippen LogP contribution is 2.33. The maximum Gasteiger partial charge on any atom is 0.220 e. The van der Waals surface area contributed by atoms with Gasteiger partial charge in [-0.1, -0.05) is 0 Å². The third kappa shape index (κ3) is 2.67. The molecular weight excluding hydrogens is 276 g/mol. The molecule has 22 heavy (non-hydrogen) atoms. The van der Waals surface area contributed by atoms with Gasteiger partial charge >= 0.3 is 0 Å². The van der Waals surface area contributed by atoms with Crippen molar-refractivity contribution < 1.29 is 4.79 Å². The fraction of sp³-hybridized carbons (Fsp3) is 0.765. The predicted molar refractivity (Wildman–Crippen MR) is 84.3 cm³/mol. The average Bonchev–Trinajstić information content (AvgIpc) is 3.03. The Labute approximate surface area is 131 Å². The molecule has 0 radical (unpaired) electrons. The van der Waals surface area contributed by atoms with Gasteiger partial charge < -0.3 is 10.6 Å². The van der Waals surface area contributed by atoms with E-state index in [0.717, 1.165) is 19.3 Å². The molecule has 3 heterocycles. The normalized spacial score (nSPS) is 33.5. The van der Waals surface area contributed by atoms with E-state index in [1.165, 1.54) is 36.9 Å². The van der Waals surface area contributed by atoms with Crippen molar-refractivity contribution >= 4 is 5.91 Å². The van der Waals surface area contributed by atoms with Crippen molar-refractivity contribution in [2.75, 3.05) is 0 Å². The second-order valence-corrected chi connectivity index (χ2v) is 7.36. The SMILES string of the molecule is Cn1ncc2c1CCCC2NC(=O)CC1CC2CCC(C1)N2.